The molecule has 8 nitrogen and oxygen atoms in total. The van der Waals surface area contributed by atoms with Gasteiger partial charge in [0.2, 0.25) is 11.8 Å². The molecule has 9 heteroatoms. The molecule has 1 amide bonds. The molecule has 2 heterocycles. The van der Waals surface area contributed by atoms with Crippen molar-refractivity contribution in [3.05, 3.63) is 39.7 Å². The van der Waals surface area contributed by atoms with Crippen LogP contribution in [0.3, 0.4) is 0 Å². The van der Waals surface area contributed by atoms with E-state index >= 15 is 0 Å². The van der Waals surface area contributed by atoms with Gasteiger partial charge in [-0.05, 0) is 36.6 Å². The van der Waals surface area contributed by atoms with Gasteiger partial charge in [-0.3, -0.25) is 14.2 Å². The third-order valence-corrected chi connectivity index (χ3v) is 5.93. The number of fused-ring (bicyclic) bond motifs is 1. The fourth-order valence-electron chi connectivity index (χ4n) is 3.33. The molecule has 0 saturated carbocycles. The minimum absolute atomic E-state index is 0.0597. The summed E-state index contributed by atoms with van der Waals surface area (Å²) in [7, 11) is 4.75. The Balaban J connectivity index is 1.77. The molecule has 1 aromatic carbocycles. The second kappa shape index (κ2) is 8.14. The van der Waals surface area contributed by atoms with Crippen molar-refractivity contribution in [2.24, 2.45) is 7.05 Å². The Morgan fingerprint density at radius 3 is 2.64 bits per heavy atom. The molecule has 1 aliphatic rings. The molecule has 1 aromatic heterocycles. The summed E-state index contributed by atoms with van der Waals surface area (Å²) in [6.45, 7) is 2.57. The lowest BCUT2D eigenvalue weighted by atomic mass is 9.93. The summed E-state index contributed by atoms with van der Waals surface area (Å²) in [6.07, 6.45) is 0.722. The number of carbonyl (C=O) groups excluding carboxylic acids is 1. The fraction of sp³-hybridized carbons (Fsp3) is 0.421. The molecule has 0 saturated heterocycles. The molecule has 28 heavy (non-hydrogen) atoms. The van der Waals surface area contributed by atoms with Crippen LogP contribution in [0.4, 0.5) is 0 Å². The van der Waals surface area contributed by atoms with Crippen molar-refractivity contribution in [1.82, 2.24) is 14.5 Å². The fourth-order valence-corrected chi connectivity index (χ4v) is 4.19. The van der Waals surface area contributed by atoms with Crippen molar-refractivity contribution in [3.8, 4) is 17.4 Å². The molecule has 1 aliphatic heterocycles. The van der Waals surface area contributed by atoms with Crippen LogP contribution in [0.25, 0.3) is 0 Å². The van der Waals surface area contributed by atoms with E-state index in [0.717, 1.165) is 35.4 Å². The first-order valence-electron chi connectivity index (χ1n) is 8.79. The van der Waals surface area contributed by atoms with Crippen LogP contribution in [-0.4, -0.2) is 52.0 Å². The van der Waals surface area contributed by atoms with Crippen molar-refractivity contribution in [2.45, 2.75) is 24.5 Å². The second-order valence-corrected chi connectivity index (χ2v) is 7.44. The minimum Gasteiger partial charge on any atom is -0.493 e. The third kappa shape index (κ3) is 3.80. The largest absolute Gasteiger partial charge is 0.493 e. The molecule has 0 aliphatic carbocycles. The van der Waals surface area contributed by atoms with E-state index in [1.165, 1.54) is 4.57 Å². The first-order valence-corrected chi connectivity index (χ1v) is 9.78. The molecule has 0 fully saturated rings. The topological polar surface area (TPSA) is 93.9 Å². The number of rotatable bonds is 5. The smallest absolute Gasteiger partial charge is 0.257 e. The van der Waals surface area contributed by atoms with Gasteiger partial charge in [0.15, 0.2) is 16.7 Å². The summed E-state index contributed by atoms with van der Waals surface area (Å²) in [5.41, 5.74) is 1.80. The highest BCUT2D eigenvalue weighted by molar-refractivity contribution is 7.99. The maximum atomic E-state index is 12.8. The van der Waals surface area contributed by atoms with Crippen molar-refractivity contribution >= 4 is 17.7 Å². The van der Waals surface area contributed by atoms with Crippen LogP contribution in [0.15, 0.2) is 28.2 Å². The van der Waals surface area contributed by atoms with Crippen LogP contribution in [0, 0.1) is 0 Å². The number of amides is 1. The first kappa shape index (κ1) is 20.1. The lowest BCUT2D eigenvalue weighted by molar-refractivity contribution is -0.130. The van der Waals surface area contributed by atoms with Gasteiger partial charge < -0.3 is 19.5 Å². The summed E-state index contributed by atoms with van der Waals surface area (Å²) < 4.78 is 12.1. The van der Waals surface area contributed by atoms with Crippen molar-refractivity contribution in [1.29, 1.82) is 0 Å². The van der Waals surface area contributed by atoms with Gasteiger partial charge in [-0.25, -0.2) is 0 Å². The number of hydrogen-bond acceptors (Lipinski definition) is 7. The predicted octanol–water partition coefficient (Wildman–Crippen LogP) is 1.74. The number of benzene rings is 1. The number of nitrogens with zero attached hydrogens (tertiary/aromatic N) is 3. The average Bonchev–Trinajstić information content (AvgIpc) is 2.68. The highest BCUT2D eigenvalue weighted by Gasteiger charge is 2.29. The number of methoxy groups -OCH3 is 2. The van der Waals surface area contributed by atoms with E-state index in [1.807, 2.05) is 24.0 Å². The van der Waals surface area contributed by atoms with Crippen LogP contribution < -0.4 is 15.0 Å². The standard InChI is InChI=1S/C19H23N3O5S/c1-11-13-8-15(27-4)14(26-3)7-12(13)5-6-22(11)18(25)10-28-19-20-16(23)9-17(24)21(19)2/h7-9,11,23H,5-6,10H2,1-4H3. The third-order valence-electron chi connectivity index (χ3n) is 4.91. The lowest BCUT2D eigenvalue weighted by Crippen LogP contribution is -2.40. The number of ether oxygens (including phenoxy) is 2. The number of carbonyl (C=O) groups is 1. The minimum atomic E-state index is -0.372. The summed E-state index contributed by atoms with van der Waals surface area (Å²) in [5, 5.41) is 9.82. The number of aromatic hydroxyl groups is 1. The summed E-state index contributed by atoms with van der Waals surface area (Å²) in [5.74, 6) is 1.03. The van der Waals surface area contributed by atoms with Crippen LogP contribution in [0.1, 0.15) is 24.1 Å². The molecular weight excluding hydrogens is 382 g/mol. The number of hydrogen-bond donors (Lipinski definition) is 1. The van der Waals surface area contributed by atoms with Gasteiger partial charge in [0.1, 0.15) is 0 Å². The molecule has 1 atom stereocenters. The highest BCUT2D eigenvalue weighted by Crippen LogP contribution is 2.38. The van der Waals surface area contributed by atoms with E-state index in [2.05, 4.69) is 4.98 Å². The maximum Gasteiger partial charge on any atom is 0.257 e. The van der Waals surface area contributed by atoms with Crippen LogP contribution in [0.2, 0.25) is 0 Å². The van der Waals surface area contributed by atoms with Gasteiger partial charge in [0.25, 0.3) is 5.56 Å². The van der Waals surface area contributed by atoms with E-state index in [4.69, 9.17) is 9.47 Å². The zero-order valence-electron chi connectivity index (χ0n) is 16.3. The van der Waals surface area contributed by atoms with Crippen molar-refractivity contribution in [3.63, 3.8) is 0 Å². The van der Waals surface area contributed by atoms with Crippen molar-refractivity contribution < 1.29 is 19.4 Å². The Bertz CT molecular complexity index is 959. The van der Waals surface area contributed by atoms with Gasteiger partial charge in [0, 0.05) is 13.6 Å². The van der Waals surface area contributed by atoms with Crippen LogP contribution in [0.5, 0.6) is 17.4 Å². The Hall–Kier alpha value is -2.68. The summed E-state index contributed by atoms with van der Waals surface area (Å²) in [6, 6.07) is 4.81. The molecule has 0 radical (unpaired) electrons. The van der Waals surface area contributed by atoms with E-state index in [1.54, 1.807) is 21.3 Å². The summed E-state index contributed by atoms with van der Waals surface area (Å²) in [4.78, 5) is 30.3. The Labute approximate surface area is 167 Å². The van der Waals surface area contributed by atoms with E-state index in [-0.39, 0.29) is 29.1 Å². The Morgan fingerprint density at radius 1 is 1.29 bits per heavy atom. The molecule has 3 rings (SSSR count). The van der Waals surface area contributed by atoms with E-state index in [9.17, 15) is 14.7 Å². The molecule has 0 spiro atoms. The van der Waals surface area contributed by atoms with E-state index < -0.39 is 0 Å². The predicted molar refractivity (Wildman–Crippen MR) is 105 cm³/mol. The molecule has 1 N–H and O–H groups in total. The van der Waals surface area contributed by atoms with Crippen LogP contribution in [-0.2, 0) is 18.3 Å². The molecule has 150 valence electrons. The second-order valence-electron chi connectivity index (χ2n) is 6.50. The molecule has 0 bridgehead atoms. The maximum absolute atomic E-state index is 12.8. The number of thioether (sulfide) groups is 1. The molecule has 2 aromatic rings. The Kier molecular flexibility index (Phi) is 5.83. The molecule has 1 unspecified atom stereocenters. The SMILES string of the molecule is COc1cc2c(cc1OC)C(C)N(C(=O)CSc1nc(O)cc(=O)n1C)CC2. The summed E-state index contributed by atoms with van der Waals surface area (Å²) >= 11 is 1.13. The zero-order chi connectivity index (χ0) is 20.4. The first-order chi connectivity index (χ1) is 13.3. The quantitative estimate of drug-likeness (QED) is 0.598. The van der Waals surface area contributed by atoms with Gasteiger partial charge >= 0.3 is 0 Å². The van der Waals surface area contributed by atoms with Gasteiger partial charge in [0.05, 0.1) is 32.1 Å². The normalized spacial score (nSPS) is 15.9. The lowest BCUT2D eigenvalue weighted by Gasteiger charge is -2.35. The Morgan fingerprint density at radius 2 is 1.96 bits per heavy atom. The molecular formula is C19H23N3O5S. The van der Waals surface area contributed by atoms with Crippen molar-refractivity contribution in [2.75, 3.05) is 26.5 Å². The number of aromatic nitrogens is 2. The van der Waals surface area contributed by atoms with E-state index in [0.29, 0.717) is 23.2 Å². The zero-order valence-corrected chi connectivity index (χ0v) is 17.1. The van der Waals surface area contributed by atoms with Gasteiger partial charge in [-0.1, -0.05) is 11.8 Å². The van der Waals surface area contributed by atoms with Gasteiger partial charge in [-0.2, -0.15) is 4.98 Å². The highest BCUT2D eigenvalue weighted by atomic mass is 32.2. The monoisotopic (exact) mass is 405 g/mol. The van der Waals surface area contributed by atoms with Crippen LogP contribution >= 0.6 is 11.8 Å². The average molecular weight is 405 g/mol. The van der Waals surface area contributed by atoms with Gasteiger partial charge in [-0.15, -0.1) is 0 Å².